The zero-order chi connectivity index (χ0) is 31.5. The van der Waals surface area contributed by atoms with Gasteiger partial charge in [-0.3, -0.25) is 20.2 Å². The number of esters is 1. The molecule has 0 N–H and O–H groups in total. The molecule has 0 aliphatic heterocycles. The molecular formula is C35H46N2O6. The van der Waals surface area contributed by atoms with Gasteiger partial charge in [-0.15, -0.1) is 0 Å². The third kappa shape index (κ3) is 7.34. The molecule has 0 amide bonds. The fraction of sp³-hybridized carbons (Fsp3) is 0.571. The molecule has 0 aromatic heterocycles. The zero-order valence-corrected chi connectivity index (χ0v) is 26.2. The molecule has 1 aromatic rings. The number of rotatable bonds is 9. The lowest BCUT2D eigenvalue weighted by atomic mass is 9.61. The molecule has 3 aliphatic rings. The third-order valence-corrected chi connectivity index (χ3v) is 10.4. The highest BCUT2D eigenvalue weighted by atomic mass is 16.6. The fourth-order valence-electron chi connectivity index (χ4n) is 7.47. The minimum Gasteiger partial charge on any atom is -0.458 e. The van der Waals surface area contributed by atoms with Gasteiger partial charge in [-0.1, -0.05) is 76.6 Å². The summed E-state index contributed by atoms with van der Waals surface area (Å²) in [4.78, 5) is 33.9. The van der Waals surface area contributed by atoms with E-state index in [4.69, 9.17) is 4.74 Å². The van der Waals surface area contributed by atoms with E-state index in [0.717, 1.165) is 35.8 Å². The van der Waals surface area contributed by atoms with Gasteiger partial charge in [-0.2, -0.15) is 0 Å². The summed E-state index contributed by atoms with van der Waals surface area (Å²) >= 11 is 0. The molecule has 0 heterocycles. The van der Waals surface area contributed by atoms with Crippen molar-refractivity contribution in [3.8, 4) is 0 Å². The molecule has 43 heavy (non-hydrogen) atoms. The minimum atomic E-state index is -0.798. The van der Waals surface area contributed by atoms with Crippen molar-refractivity contribution in [2.45, 2.75) is 92.1 Å². The predicted molar refractivity (Wildman–Crippen MR) is 169 cm³/mol. The first kappa shape index (κ1) is 32.4. The zero-order valence-electron chi connectivity index (χ0n) is 26.2. The third-order valence-electron chi connectivity index (χ3n) is 10.4. The number of fused-ring (bicyclic) bond motifs is 1. The van der Waals surface area contributed by atoms with Crippen LogP contribution in [0.25, 0.3) is 0 Å². The van der Waals surface area contributed by atoms with Crippen LogP contribution in [-0.2, 0) is 4.74 Å². The number of hydrogen-bond donors (Lipinski definition) is 0. The van der Waals surface area contributed by atoms with Crippen LogP contribution in [0, 0.1) is 55.2 Å². The number of allylic oxidation sites excluding steroid dienone is 6. The van der Waals surface area contributed by atoms with E-state index in [-0.39, 0.29) is 11.0 Å². The lowest BCUT2D eigenvalue weighted by Gasteiger charge is -2.44. The summed E-state index contributed by atoms with van der Waals surface area (Å²) < 4.78 is 5.70. The Morgan fingerprint density at radius 2 is 1.67 bits per heavy atom. The summed E-state index contributed by atoms with van der Waals surface area (Å²) in [5.74, 6) is 2.21. The van der Waals surface area contributed by atoms with Crippen molar-refractivity contribution in [3.63, 3.8) is 0 Å². The van der Waals surface area contributed by atoms with Crippen LogP contribution < -0.4 is 0 Å². The van der Waals surface area contributed by atoms with Crippen LogP contribution >= 0.6 is 0 Å². The van der Waals surface area contributed by atoms with Gasteiger partial charge in [0.05, 0.1) is 21.5 Å². The second-order valence-electron chi connectivity index (χ2n) is 13.5. The molecule has 3 fully saturated rings. The Morgan fingerprint density at radius 3 is 2.30 bits per heavy atom. The van der Waals surface area contributed by atoms with Crippen LogP contribution in [0.4, 0.5) is 11.4 Å². The van der Waals surface area contributed by atoms with Crippen LogP contribution in [0.15, 0.2) is 65.8 Å². The number of carbonyl (C=O) groups excluding carboxylic acids is 1. The van der Waals surface area contributed by atoms with E-state index in [1.165, 1.54) is 31.3 Å². The monoisotopic (exact) mass is 590 g/mol. The maximum absolute atomic E-state index is 12.9. The lowest BCUT2D eigenvalue weighted by molar-refractivity contribution is -0.394. The molecule has 6 atom stereocenters. The topological polar surface area (TPSA) is 113 Å². The standard InChI is InChI=1S/C35H46N2O6/c1-22(2)23(3)9-10-25(5)32-15-16-33-26(8-7-17-35(32,33)6)12-13-27-20-31(14-11-24(27)4)43-34(38)28-18-29(36(39)40)21-30(19-28)37(41)42/h9-10,12-13,18-19,21-23,25,31-33H,4,7-8,11,14-17,20H2,1-3,5-6H3/b10-9+,26-12+,27-13-/t23-,25-,31-,32+,33+,35-/m1/s1. The smallest absolute Gasteiger partial charge is 0.338 e. The van der Waals surface area contributed by atoms with E-state index in [9.17, 15) is 25.0 Å². The molecule has 8 nitrogen and oxygen atoms in total. The number of nitro benzene ring substituents is 2. The molecule has 0 bridgehead atoms. The number of carbonyl (C=O) groups is 1. The van der Waals surface area contributed by atoms with Crippen molar-refractivity contribution < 1.29 is 19.4 Å². The van der Waals surface area contributed by atoms with E-state index in [2.05, 4.69) is 65.5 Å². The van der Waals surface area contributed by atoms with Crippen molar-refractivity contribution in [2.75, 3.05) is 0 Å². The van der Waals surface area contributed by atoms with Crippen molar-refractivity contribution in [2.24, 2.45) is 35.0 Å². The largest absolute Gasteiger partial charge is 0.458 e. The second-order valence-corrected chi connectivity index (χ2v) is 13.5. The highest BCUT2D eigenvalue weighted by Crippen LogP contribution is 2.59. The number of hydrogen-bond acceptors (Lipinski definition) is 6. The van der Waals surface area contributed by atoms with Gasteiger partial charge in [0, 0.05) is 18.6 Å². The van der Waals surface area contributed by atoms with Crippen LogP contribution in [0.1, 0.15) is 96.3 Å². The molecule has 232 valence electrons. The maximum Gasteiger partial charge on any atom is 0.338 e. The summed E-state index contributed by atoms with van der Waals surface area (Å²) in [7, 11) is 0. The molecule has 0 saturated heterocycles. The van der Waals surface area contributed by atoms with Gasteiger partial charge >= 0.3 is 5.97 Å². The summed E-state index contributed by atoms with van der Waals surface area (Å²) in [5, 5.41) is 22.5. The molecule has 4 rings (SSSR count). The van der Waals surface area contributed by atoms with E-state index in [1.807, 2.05) is 0 Å². The molecule has 3 saturated carbocycles. The number of ether oxygens (including phenoxy) is 1. The van der Waals surface area contributed by atoms with Gasteiger partial charge in [-0.25, -0.2) is 4.79 Å². The number of benzene rings is 1. The Kier molecular flexibility index (Phi) is 10.1. The predicted octanol–water partition coefficient (Wildman–Crippen LogP) is 9.32. The highest BCUT2D eigenvalue weighted by molar-refractivity contribution is 5.91. The van der Waals surface area contributed by atoms with Gasteiger partial charge in [0.2, 0.25) is 0 Å². The van der Waals surface area contributed by atoms with E-state index < -0.39 is 33.3 Å². The molecule has 3 aliphatic carbocycles. The van der Waals surface area contributed by atoms with E-state index >= 15 is 0 Å². The SMILES string of the molecule is C=C1CC[C@@H](OC(=O)c2cc([N+](=O)[O-])cc([N+](=O)[O-])c2)C/C1=C/C=C1\CCC[C@@]2(C)[C@H]1CC[C@H]2[C@H](C)/C=C/[C@@H](C)C(C)C. The Labute approximate surface area is 255 Å². The van der Waals surface area contributed by atoms with Gasteiger partial charge < -0.3 is 4.74 Å². The molecular weight excluding hydrogens is 544 g/mol. The molecule has 0 radical (unpaired) electrons. The van der Waals surface area contributed by atoms with Crippen LogP contribution in [0.3, 0.4) is 0 Å². The summed E-state index contributed by atoms with van der Waals surface area (Å²) in [6.07, 6.45) is 16.6. The highest BCUT2D eigenvalue weighted by Gasteiger charge is 2.50. The van der Waals surface area contributed by atoms with Crippen LogP contribution in [0.2, 0.25) is 0 Å². The van der Waals surface area contributed by atoms with Crippen LogP contribution in [-0.4, -0.2) is 21.9 Å². The average molecular weight is 591 g/mol. The first-order valence-corrected chi connectivity index (χ1v) is 15.7. The molecule has 1 aromatic carbocycles. The van der Waals surface area contributed by atoms with Gasteiger partial charge in [0.15, 0.2) is 0 Å². The first-order chi connectivity index (χ1) is 20.3. The average Bonchev–Trinajstić information content (AvgIpc) is 3.33. The van der Waals surface area contributed by atoms with Gasteiger partial charge in [0.25, 0.3) is 11.4 Å². The molecule has 0 unspecified atom stereocenters. The Morgan fingerprint density at radius 1 is 1.00 bits per heavy atom. The second kappa shape index (κ2) is 13.4. The van der Waals surface area contributed by atoms with E-state index in [0.29, 0.717) is 48.9 Å². The lowest BCUT2D eigenvalue weighted by Crippen LogP contribution is -2.35. The van der Waals surface area contributed by atoms with Crippen molar-refractivity contribution in [1.29, 1.82) is 0 Å². The van der Waals surface area contributed by atoms with Crippen molar-refractivity contribution in [1.82, 2.24) is 0 Å². The maximum atomic E-state index is 12.9. The Hall–Kier alpha value is -3.55. The fourth-order valence-corrected chi connectivity index (χ4v) is 7.47. The minimum absolute atomic E-state index is 0.196. The quantitative estimate of drug-likeness (QED) is 0.123. The van der Waals surface area contributed by atoms with E-state index in [1.54, 1.807) is 0 Å². The van der Waals surface area contributed by atoms with Crippen molar-refractivity contribution >= 4 is 17.3 Å². The first-order valence-electron chi connectivity index (χ1n) is 15.7. The molecule has 8 heteroatoms. The summed E-state index contributed by atoms with van der Waals surface area (Å²) in [5.41, 5.74) is 2.63. The van der Waals surface area contributed by atoms with Gasteiger partial charge in [0.1, 0.15) is 6.10 Å². The Balaban J connectivity index is 1.47. The summed E-state index contributed by atoms with van der Waals surface area (Å²) in [6.45, 7) is 16.0. The Bertz CT molecular complexity index is 1330. The normalized spacial score (nSPS) is 29.2. The van der Waals surface area contributed by atoms with Crippen molar-refractivity contribution in [3.05, 3.63) is 91.6 Å². The van der Waals surface area contributed by atoms with Crippen LogP contribution in [0.5, 0.6) is 0 Å². The van der Waals surface area contributed by atoms with Gasteiger partial charge in [-0.05, 0) is 85.5 Å². The number of non-ortho nitro benzene ring substituents is 2. The number of nitrogens with zero attached hydrogens (tertiary/aromatic N) is 2. The summed E-state index contributed by atoms with van der Waals surface area (Å²) in [6, 6.07) is 2.88. The number of nitro groups is 2. The molecule has 0 spiro atoms.